The average molecular weight is 332 g/mol. The molecular weight excluding hydrogens is 300 g/mol. The van der Waals surface area contributed by atoms with Gasteiger partial charge in [-0.25, -0.2) is 0 Å². The van der Waals surface area contributed by atoms with Gasteiger partial charge in [0, 0.05) is 39.3 Å². The van der Waals surface area contributed by atoms with Crippen molar-refractivity contribution < 1.29 is 4.79 Å². The van der Waals surface area contributed by atoms with Crippen LogP contribution >= 0.6 is 0 Å². The molecule has 1 saturated heterocycles. The van der Waals surface area contributed by atoms with Crippen LogP contribution < -0.4 is 11.1 Å². The van der Waals surface area contributed by atoms with Crippen molar-refractivity contribution in [3.63, 3.8) is 0 Å². The standard InChI is InChI=1S/C19H32N4O/c1-16(2)19(3,15-20)21-18(24)14-23-11-9-22(10-12-23)13-17-7-5-4-6-8-17/h4-8,16H,9-15,20H2,1-3H3,(H,21,24). The van der Waals surface area contributed by atoms with Crippen molar-refractivity contribution in [1.82, 2.24) is 15.1 Å². The second kappa shape index (κ2) is 8.60. The normalized spacial score (nSPS) is 19.2. The minimum atomic E-state index is -0.327. The van der Waals surface area contributed by atoms with Gasteiger partial charge in [0.1, 0.15) is 0 Å². The van der Waals surface area contributed by atoms with E-state index in [1.807, 2.05) is 13.0 Å². The molecule has 134 valence electrons. The molecule has 0 spiro atoms. The second-order valence-corrected chi connectivity index (χ2v) is 7.36. The Labute approximate surface area is 146 Å². The van der Waals surface area contributed by atoms with Crippen LogP contribution in [0, 0.1) is 5.92 Å². The monoisotopic (exact) mass is 332 g/mol. The number of nitrogens with one attached hydrogen (secondary N) is 1. The summed E-state index contributed by atoms with van der Waals surface area (Å²) in [5.74, 6) is 0.391. The smallest absolute Gasteiger partial charge is 0.234 e. The van der Waals surface area contributed by atoms with E-state index in [0.717, 1.165) is 32.7 Å². The Bertz CT molecular complexity index is 511. The van der Waals surface area contributed by atoms with Crippen LogP contribution in [0.1, 0.15) is 26.3 Å². The summed E-state index contributed by atoms with van der Waals surface area (Å²) in [4.78, 5) is 17.0. The Kier molecular flexibility index (Phi) is 6.78. The van der Waals surface area contributed by atoms with Gasteiger partial charge in [0.2, 0.25) is 5.91 Å². The Morgan fingerprint density at radius 2 is 1.75 bits per heavy atom. The molecule has 1 aromatic carbocycles. The molecule has 0 saturated carbocycles. The van der Waals surface area contributed by atoms with Crippen molar-refractivity contribution in [2.24, 2.45) is 11.7 Å². The molecule has 0 radical (unpaired) electrons. The number of hydrogen-bond donors (Lipinski definition) is 2. The summed E-state index contributed by atoms with van der Waals surface area (Å²) in [6.07, 6.45) is 0. The van der Waals surface area contributed by atoms with Crippen molar-refractivity contribution in [2.75, 3.05) is 39.3 Å². The lowest BCUT2D eigenvalue weighted by molar-refractivity contribution is -0.124. The molecule has 5 heteroatoms. The molecule has 1 atom stereocenters. The van der Waals surface area contributed by atoms with Crippen LogP contribution in [-0.2, 0) is 11.3 Å². The van der Waals surface area contributed by atoms with Crippen LogP contribution in [0.4, 0.5) is 0 Å². The maximum absolute atomic E-state index is 12.3. The Hall–Kier alpha value is -1.43. The quantitative estimate of drug-likeness (QED) is 0.790. The minimum absolute atomic E-state index is 0.0770. The van der Waals surface area contributed by atoms with Crippen LogP contribution in [0.2, 0.25) is 0 Å². The van der Waals surface area contributed by atoms with Gasteiger partial charge in [-0.15, -0.1) is 0 Å². The Morgan fingerprint density at radius 3 is 2.29 bits per heavy atom. The summed E-state index contributed by atoms with van der Waals surface area (Å²) in [6, 6.07) is 10.5. The Morgan fingerprint density at radius 1 is 1.17 bits per heavy atom. The van der Waals surface area contributed by atoms with E-state index >= 15 is 0 Å². The molecule has 1 amide bonds. The zero-order valence-corrected chi connectivity index (χ0v) is 15.3. The molecule has 2 rings (SSSR count). The van der Waals surface area contributed by atoms with Gasteiger partial charge < -0.3 is 11.1 Å². The molecule has 1 aliphatic heterocycles. The maximum atomic E-state index is 12.3. The summed E-state index contributed by atoms with van der Waals surface area (Å²) in [6.45, 7) is 12.0. The predicted octanol–water partition coefficient (Wildman–Crippen LogP) is 1.29. The van der Waals surface area contributed by atoms with E-state index in [4.69, 9.17) is 5.73 Å². The lowest BCUT2D eigenvalue weighted by Gasteiger charge is -2.37. The SMILES string of the molecule is CC(C)C(C)(CN)NC(=O)CN1CCN(Cc2ccccc2)CC1. The Balaban J connectivity index is 1.75. The number of nitrogens with two attached hydrogens (primary N) is 1. The number of rotatable bonds is 7. The third-order valence-corrected chi connectivity index (χ3v) is 5.20. The first-order valence-corrected chi connectivity index (χ1v) is 8.92. The van der Waals surface area contributed by atoms with Crippen molar-refractivity contribution in [1.29, 1.82) is 0 Å². The molecule has 1 aromatic rings. The molecule has 0 aliphatic carbocycles. The summed E-state index contributed by atoms with van der Waals surface area (Å²) >= 11 is 0. The first-order valence-electron chi connectivity index (χ1n) is 8.92. The first-order chi connectivity index (χ1) is 11.4. The van der Waals surface area contributed by atoms with Crippen LogP contribution in [0.15, 0.2) is 30.3 Å². The zero-order valence-electron chi connectivity index (χ0n) is 15.3. The predicted molar refractivity (Wildman–Crippen MR) is 98.6 cm³/mol. The van der Waals surface area contributed by atoms with Crippen molar-refractivity contribution in [2.45, 2.75) is 32.9 Å². The number of nitrogens with zero attached hydrogens (tertiary/aromatic N) is 2. The topological polar surface area (TPSA) is 61.6 Å². The number of carbonyl (C=O) groups is 1. The van der Waals surface area contributed by atoms with Crippen LogP contribution in [0.5, 0.6) is 0 Å². The lowest BCUT2D eigenvalue weighted by atomic mass is 9.88. The largest absolute Gasteiger partial charge is 0.348 e. The van der Waals surface area contributed by atoms with Crippen molar-refractivity contribution in [3.8, 4) is 0 Å². The van der Waals surface area contributed by atoms with Gasteiger partial charge in [0.05, 0.1) is 12.1 Å². The summed E-state index contributed by atoms with van der Waals surface area (Å²) in [5, 5.41) is 3.12. The van der Waals surface area contributed by atoms with Crippen molar-refractivity contribution >= 4 is 5.91 Å². The number of amides is 1. The highest BCUT2D eigenvalue weighted by Crippen LogP contribution is 2.15. The fraction of sp³-hybridized carbons (Fsp3) is 0.632. The number of piperazine rings is 1. The number of hydrogen-bond acceptors (Lipinski definition) is 4. The first kappa shape index (κ1) is 18.9. The van der Waals surface area contributed by atoms with Gasteiger partial charge in [-0.3, -0.25) is 14.6 Å². The fourth-order valence-electron chi connectivity index (χ4n) is 2.94. The number of benzene rings is 1. The van der Waals surface area contributed by atoms with Crippen LogP contribution in [0.3, 0.4) is 0 Å². The van der Waals surface area contributed by atoms with Gasteiger partial charge in [0.15, 0.2) is 0 Å². The molecule has 5 nitrogen and oxygen atoms in total. The van der Waals surface area contributed by atoms with E-state index in [1.165, 1.54) is 5.56 Å². The summed E-state index contributed by atoms with van der Waals surface area (Å²) in [7, 11) is 0. The molecule has 0 aromatic heterocycles. The highest BCUT2D eigenvalue weighted by atomic mass is 16.2. The third-order valence-electron chi connectivity index (χ3n) is 5.20. The minimum Gasteiger partial charge on any atom is -0.348 e. The van der Waals surface area contributed by atoms with E-state index in [1.54, 1.807) is 0 Å². The average Bonchev–Trinajstić information content (AvgIpc) is 2.57. The molecule has 1 unspecified atom stereocenters. The summed E-state index contributed by atoms with van der Waals surface area (Å²) in [5.41, 5.74) is 6.87. The van der Waals surface area contributed by atoms with E-state index < -0.39 is 0 Å². The molecule has 1 heterocycles. The number of carbonyl (C=O) groups excluding carboxylic acids is 1. The van der Waals surface area contributed by atoms with Gasteiger partial charge in [-0.05, 0) is 18.4 Å². The maximum Gasteiger partial charge on any atom is 0.234 e. The van der Waals surface area contributed by atoms with Crippen molar-refractivity contribution in [3.05, 3.63) is 35.9 Å². The summed E-state index contributed by atoms with van der Waals surface area (Å²) < 4.78 is 0. The van der Waals surface area contributed by atoms with Crippen LogP contribution in [-0.4, -0.2) is 60.5 Å². The van der Waals surface area contributed by atoms with Crippen LogP contribution in [0.25, 0.3) is 0 Å². The van der Waals surface area contributed by atoms with Gasteiger partial charge in [-0.2, -0.15) is 0 Å². The lowest BCUT2D eigenvalue weighted by Crippen LogP contribution is -2.58. The molecule has 0 bridgehead atoms. The molecule has 24 heavy (non-hydrogen) atoms. The van der Waals surface area contributed by atoms with E-state index in [-0.39, 0.29) is 11.4 Å². The molecule has 1 fully saturated rings. The molecule has 1 aliphatic rings. The fourth-order valence-corrected chi connectivity index (χ4v) is 2.94. The van der Waals surface area contributed by atoms with E-state index in [2.05, 4.69) is 53.2 Å². The van der Waals surface area contributed by atoms with Gasteiger partial charge in [-0.1, -0.05) is 44.2 Å². The highest BCUT2D eigenvalue weighted by molar-refractivity contribution is 5.79. The molecular formula is C19H32N4O. The highest BCUT2D eigenvalue weighted by Gasteiger charge is 2.29. The van der Waals surface area contributed by atoms with E-state index in [0.29, 0.717) is 19.0 Å². The van der Waals surface area contributed by atoms with Gasteiger partial charge >= 0.3 is 0 Å². The van der Waals surface area contributed by atoms with Gasteiger partial charge in [0.25, 0.3) is 0 Å². The second-order valence-electron chi connectivity index (χ2n) is 7.36. The third kappa shape index (κ3) is 5.30. The zero-order chi connectivity index (χ0) is 17.6. The molecule has 3 N–H and O–H groups in total. The van der Waals surface area contributed by atoms with E-state index in [9.17, 15) is 4.79 Å².